The fourth-order valence-electron chi connectivity index (χ4n) is 1.77. The third kappa shape index (κ3) is 3.23. The van der Waals surface area contributed by atoms with Gasteiger partial charge < -0.3 is 11.1 Å². The van der Waals surface area contributed by atoms with E-state index in [1.807, 2.05) is 19.9 Å². The molecule has 0 radical (unpaired) electrons. The average molecular weight is 276 g/mol. The minimum Gasteiger partial charge on any atom is -0.399 e. The van der Waals surface area contributed by atoms with Crippen molar-refractivity contribution in [1.82, 2.24) is 4.98 Å². The summed E-state index contributed by atoms with van der Waals surface area (Å²) in [7, 11) is 0. The van der Waals surface area contributed by atoms with Crippen LogP contribution in [0, 0.1) is 13.8 Å². The number of hydrogen-bond donors (Lipinski definition) is 2. The van der Waals surface area contributed by atoms with Crippen molar-refractivity contribution < 1.29 is 4.79 Å². The highest BCUT2D eigenvalue weighted by Gasteiger charge is 2.08. The lowest BCUT2D eigenvalue weighted by Gasteiger charge is -2.08. The molecule has 0 spiro atoms. The molecule has 0 atom stereocenters. The molecule has 98 valence electrons. The first kappa shape index (κ1) is 13.4. The van der Waals surface area contributed by atoms with Crippen LogP contribution in [0.5, 0.6) is 0 Å². The molecule has 0 bridgehead atoms. The Labute approximate surface area is 116 Å². The standard InChI is InChI=1S/C14H14ClN3O/c1-8-3-10(6-11(16)4-8)14(19)18-12-5-9(2)13(15)17-7-12/h3-7H,16H2,1-2H3,(H,18,19). The van der Waals surface area contributed by atoms with Crippen LogP contribution in [0.1, 0.15) is 21.5 Å². The maximum atomic E-state index is 12.1. The van der Waals surface area contributed by atoms with Crippen LogP contribution in [0.15, 0.2) is 30.5 Å². The molecule has 0 aliphatic rings. The van der Waals surface area contributed by atoms with Crippen molar-refractivity contribution in [2.45, 2.75) is 13.8 Å². The summed E-state index contributed by atoms with van der Waals surface area (Å²) >= 11 is 5.84. The molecule has 19 heavy (non-hydrogen) atoms. The molecule has 3 N–H and O–H groups in total. The van der Waals surface area contributed by atoms with Gasteiger partial charge in [0.15, 0.2) is 0 Å². The molecule has 1 aromatic carbocycles. The van der Waals surface area contributed by atoms with Gasteiger partial charge in [0, 0.05) is 11.3 Å². The van der Waals surface area contributed by atoms with Crippen LogP contribution in [0.4, 0.5) is 11.4 Å². The second-order valence-corrected chi connectivity index (χ2v) is 4.78. The molecule has 0 unspecified atom stereocenters. The smallest absolute Gasteiger partial charge is 0.255 e. The molecule has 5 heteroatoms. The molecule has 0 saturated heterocycles. The lowest BCUT2D eigenvalue weighted by molar-refractivity contribution is 0.102. The molecule has 0 aliphatic carbocycles. The van der Waals surface area contributed by atoms with E-state index in [0.29, 0.717) is 22.1 Å². The van der Waals surface area contributed by atoms with Crippen LogP contribution in [0.2, 0.25) is 5.15 Å². The number of halogens is 1. The second-order valence-electron chi connectivity index (χ2n) is 4.42. The van der Waals surface area contributed by atoms with E-state index in [4.69, 9.17) is 17.3 Å². The summed E-state index contributed by atoms with van der Waals surface area (Å²) in [6.07, 6.45) is 1.52. The molecule has 1 aromatic heterocycles. The van der Waals surface area contributed by atoms with Gasteiger partial charge in [-0.05, 0) is 49.2 Å². The number of nitrogens with one attached hydrogen (secondary N) is 1. The Kier molecular flexibility index (Phi) is 3.71. The fourth-order valence-corrected chi connectivity index (χ4v) is 1.88. The van der Waals surface area contributed by atoms with Crippen LogP contribution >= 0.6 is 11.6 Å². The Hall–Kier alpha value is -2.07. The number of nitrogens with zero attached hydrogens (tertiary/aromatic N) is 1. The molecule has 0 aliphatic heterocycles. The zero-order chi connectivity index (χ0) is 14.0. The van der Waals surface area contributed by atoms with Crippen molar-refractivity contribution in [2.75, 3.05) is 11.1 Å². The molecule has 2 rings (SSSR count). The van der Waals surface area contributed by atoms with Crippen molar-refractivity contribution in [3.05, 3.63) is 52.3 Å². The highest BCUT2D eigenvalue weighted by molar-refractivity contribution is 6.30. The molecule has 1 heterocycles. The highest BCUT2D eigenvalue weighted by atomic mass is 35.5. The molecule has 4 nitrogen and oxygen atoms in total. The van der Waals surface area contributed by atoms with Crippen LogP contribution in [0.3, 0.4) is 0 Å². The summed E-state index contributed by atoms with van der Waals surface area (Å²) < 4.78 is 0. The van der Waals surface area contributed by atoms with Crippen molar-refractivity contribution in [2.24, 2.45) is 0 Å². The molecule has 0 saturated carbocycles. The third-order valence-electron chi connectivity index (χ3n) is 2.63. The zero-order valence-electron chi connectivity index (χ0n) is 10.7. The predicted molar refractivity (Wildman–Crippen MR) is 77.5 cm³/mol. The number of nitrogen functional groups attached to an aromatic ring is 1. The maximum absolute atomic E-state index is 12.1. The number of aryl methyl sites for hydroxylation is 2. The van der Waals surface area contributed by atoms with Gasteiger partial charge in [-0.1, -0.05) is 11.6 Å². The van der Waals surface area contributed by atoms with E-state index in [1.165, 1.54) is 6.20 Å². The van der Waals surface area contributed by atoms with E-state index in [1.54, 1.807) is 18.2 Å². The first-order valence-corrected chi connectivity index (χ1v) is 6.14. The Balaban J connectivity index is 2.22. The van der Waals surface area contributed by atoms with E-state index < -0.39 is 0 Å². The summed E-state index contributed by atoms with van der Waals surface area (Å²) in [5, 5.41) is 3.19. The number of hydrogen-bond acceptors (Lipinski definition) is 3. The lowest BCUT2D eigenvalue weighted by atomic mass is 10.1. The minimum atomic E-state index is -0.223. The van der Waals surface area contributed by atoms with Gasteiger partial charge in [0.25, 0.3) is 5.91 Å². The third-order valence-corrected chi connectivity index (χ3v) is 3.03. The quantitative estimate of drug-likeness (QED) is 0.653. The van der Waals surface area contributed by atoms with Crippen molar-refractivity contribution >= 4 is 28.9 Å². The number of aromatic nitrogens is 1. The number of carbonyl (C=O) groups is 1. The normalized spacial score (nSPS) is 10.3. The lowest BCUT2D eigenvalue weighted by Crippen LogP contribution is -2.12. The van der Waals surface area contributed by atoms with Gasteiger partial charge in [-0.25, -0.2) is 4.98 Å². The Bertz CT molecular complexity index is 620. The zero-order valence-corrected chi connectivity index (χ0v) is 11.5. The highest BCUT2D eigenvalue weighted by Crippen LogP contribution is 2.18. The van der Waals surface area contributed by atoms with Gasteiger partial charge in [-0.2, -0.15) is 0 Å². The summed E-state index contributed by atoms with van der Waals surface area (Å²) in [5.74, 6) is -0.223. The number of benzene rings is 1. The maximum Gasteiger partial charge on any atom is 0.255 e. The molecular weight excluding hydrogens is 262 g/mol. The van der Waals surface area contributed by atoms with Gasteiger partial charge in [0.1, 0.15) is 5.15 Å². The van der Waals surface area contributed by atoms with Crippen LogP contribution in [-0.4, -0.2) is 10.9 Å². The van der Waals surface area contributed by atoms with Gasteiger partial charge >= 0.3 is 0 Å². The number of rotatable bonds is 2. The SMILES string of the molecule is Cc1cc(N)cc(C(=O)Nc2cnc(Cl)c(C)c2)c1. The first-order chi connectivity index (χ1) is 8.95. The number of anilines is 2. The van der Waals surface area contributed by atoms with Crippen molar-refractivity contribution in [1.29, 1.82) is 0 Å². The number of carbonyl (C=O) groups excluding carboxylic acids is 1. The van der Waals surface area contributed by atoms with E-state index in [9.17, 15) is 4.79 Å². The van der Waals surface area contributed by atoms with Gasteiger partial charge in [-0.15, -0.1) is 0 Å². The van der Waals surface area contributed by atoms with Crippen LogP contribution in [0.25, 0.3) is 0 Å². The Morgan fingerprint density at radius 1 is 1.26 bits per heavy atom. The summed E-state index contributed by atoms with van der Waals surface area (Å²) in [5.41, 5.74) is 9.16. The monoisotopic (exact) mass is 275 g/mol. The first-order valence-electron chi connectivity index (χ1n) is 5.76. The van der Waals surface area contributed by atoms with E-state index >= 15 is 0 Å². The van der Waals surface area contributed by atoms with E-state index in [0.717, 1.165) is 11.1 Å². The summed E-state index contributed by atoms with van der Waals surface area (Å²) in [4.78, 5) is 16.1. The van der Waals surface area contributed by atoms with Crippen LogP contribution in [-0.2, 0) is 0 Å². The second kappa shape index (κ2) is 5.28. The van der Waals surface area contributed by atoms with Crippen LogP contribution < -0.4 is 11.1 Å². The Morgan fingerprint density at radius 2 is 2.00 bits per heavy atom. The predicted octanol–water partition coefficient (Wildman–Crippen LogP) is 3.19. The Morgan fingerprint density at radius 3 is 2.63 bits per heavy atom. The summed E-state index contributed by atoms with van der Waals surface area (Å²) in [6, 6.07) is 7.00. The largest absolute Gasteiger partial charge is 0.399 e. The minimum absolute atomic E-state index is 0.223. The van der Waals surface area contributed by atoms with Crippen molar-refractivity contribution in [3.8, 4) is 0 Å². The topological polar surface area (TPSA) is 68.0 Å². The van der Waals surface area contributed by atoms with Gasteiger partial charge in [0.05, 0.1) is 11.9 Å². The molecule has 2 aromatic rings. The fraction of sp³-hybridized carbons (Fsp3) is 0.143. The van der Waals surface area contributed by atoms with Gasteiger partial charge in [-0.3, -0.25) is 4.79 Å². The average Bonchev–Trinajstić information content (AvgIpc) is 2.32. The number of nitrogens with two attached hydrogens (primary N) is 1. The number of amides is 1. The van der Waals surface area contributed by atoms with Crippen molar-refractivity contribution in [3.63, 3.8) is 0 Å². The number of pyridine rings is 1. The van der Waals surface area contributed by atoms with E-state index in [-0.39, 0.29) is 5.91 Å². The molecule has 1 amide bonds. The summed E-state index contributed by atoms with van der Waals surface area (Å²) in [6.45, 7) is 3.72. The van der Waals surface area contributed by atoms with E-state index in [2.05, 4.69) is 10.3 Å². The van der Waals surface area contributed by atoms with Gasteiger partial charge in [0.2, 0.25) is 0 Å². The molecular formula is C14H14ClN3O. The molecule has 0 fully saturated rings.